The zero-order valence-corrected chi connectivity index (χ0v) is 11.4. The highest BCUT2D eigenvalue weighted by molar-refractivity contribution is 5.67. The molecule has 0 bridgehead atoms. The lowest BCUT2D eigenvalue weighted by Crippen LogP contribution is -2.20. The molecule has 1 aromatic carbocycles. The number of rotatable bonds is 6. The van der Waals surface area contributed by atoms with Gasteiger partial charge in [0.15, 0.2) is 5.82 Å². The highest BCUT2D eigenvalue weighted by atomic mass is 16.5. The van der Waals surface area contributed by atoms with Gasteiger partial charge in [-0.3, -0.25) is 0 Å². The van der Waals surface area contributed by atoms with Gasteiger partial charge in [-0.2, -0.15) is 4.98 Å². The number of carboxylic acid groups (broad SMARTS) is 1. The van der Waals surface area contributed by atoms with Crippen LogP contribution < -0.4 is 0 Å². The van der Waals surface area contributed by atoms with Gasteiger partial charge in [-0.1, -0.05) is 35.5 Å². The van der Waals surface area contributed by atoms with Gasteiger partial charge in [0.1, 0.15) is 13.2 Å². The molecule has 2 rings (SSSR count). The molecule has 106 valence electrons. The molecular weight excluding hydrogens is 260 g/mol. The Hall–Kier alpha value is -2.21. The van der Waals surface area contributed by atoms with Gasteiger partial charge >= 0.3 is 5.97 Å². The van der Waals surface area contributed by atoms with Crippen molar-refractivity contribution in [3.63, 3.8) is 0 Å². The molecule has 2 aromatic rings. The summed E-state index contributed by atoms with van der Waals surface area (Å²) in [5.41, 5.74) is 0.675. The summed E-state index contributed by atoms with van der Waals surface area (Å²) in [4.78, 5) is 14.6. The fourth-order valence-electron chi connectivity index (χ4n) is 1.78. The second kappa shape index (κ2) is 5.83. The van der Waals surface area contributed by atoms with Gasteiger partial charge in [0.2, 0.25) is 0 Å². The summed E-state index contributed by atoms with van der Waals surface area (Å²) in [5.74, 6) is -0.225. The summed E-state index contributed by atoms with van der Waals surface area (Å²) in [6.07, 6.45) is 0. The lowest BCUT2D eigenvalue weighted by atomic mass is 9.84. The average molecular weight is 276 g/mol. The topological polar surface area (TPSA) is 85.5 Å². The van der Waals surface area contributed by atoms with E-state index in [0.29, 0.717) is 5.82 Å². The van der Waals surface area contributed by atoms with Crippen LogP contribution in [0.3, 0.4) is 0 Å². The SMILES string of the molecule is CC(C)(c1ccccc1)c1noc(COCC(=O)O)n1. The zero-order valence-electron chi connectivity index (χ0n) is 11.4. The van der Waals surface area contributed by atoms with Gasteiger partial charge < -0.3 is 14.4 Å². The molecule has 0 unspecified atom stereocenters. The van der Waals surface area contributed by atoms with Crippen LogP contribution >= 0.6 is 0 Å². The van der Waals surface area contributed by atoms with Crippen LogP contribution in [0, 0.1) is 0 Å². The number of carbonyl (C=O) groups is 1. The Balaban J connectivity index is 2.10. The van der Waals surface area contributed by atoms with Crippen LogP contribution in [0.5, 0.6) is 0 Å². The van der Waals surface area contributed by atoms with E-state index < -0.39 is 11.4 Å². The molecule has 0 aliphatic heterocycles. The number of ether oxygens (including phenoxy) is 1. The minimum atomic E-state index is -1.03. The maximum atomic E-state index is 10.3. The van der Waals surface area contributed by atoms with Crippen LogP contribution in [0.2, 0.25) is 0 Å². The third kappa shape index (κ3) is 3.21. The van der Waals surface area contributed by atoms with Crippen LogP contribution in [0.25, 0.3) is 0 Å². The molecule has 0 aliphatic rings. The van der Waals surface area contributed by atoms with Gasteiger partial charge in [-0.25, -0.2) is 4.79 Å². The Bertz CT molecular complexity index is 578. The van der Waals surface area contributed by atoms with Crippen LogP contribution in [-0.4, -0.2) is 27.8 Å². The van der Waals surface area contributed by atoms with E-state index in [1.165, 1.54) is 0 Å². The third-order valence-electron chi connectivity index (χ3n) is 2.97. The van der Waals surface area contributed by atoms with Crippen molar-refractivity contribution < 1.29 is 19.2 Å². The molecule has 0 spiro atoms. The van der Waals surface area contributed by atoms with Crippen molar-refractivity contribution >= 4 is 5.97 Å². The number of aliphatic carboxylic acids is 1. The Labute approximate surface area is 116 Å². The van der Waals surface area contributed by atoms with E-state index in [1.54, 1.807) is 0 Å². The van der Waals surface area contributed by atoms with Gasteiger partial charge in [0.25, 0.3) is 5.89 Å². The molecule has 1 aromatic heterocycles. The number of nitrogens with zero attached hydrogens (tertiary/aromatic N) is 2. The molecule has 6 heteroatoms. The van der Waals surface area contributed by atoms with Gasteiger partial charge in [-0.05, 0) is 19.4 Å². The Morgan fingerprint density at radius 1 is 1.35 bits per heavy atom. The first-order chi connectivity index (χ1) is 9.50. The summed E-state index contributed by atoms with van der Waals surface area (Å²) < 4.78 is 9.99. The monoisotopic (exact) mass is 276 g/mol. The van der Waals surface area contributed by atoms with E-state index in [-0.39, 0.29) is 19.1 Å². The van der Waals surface area contributed by atoms with Gasteiger partial charge in [0.05, 0.1) is 5.41 Å². The van der Waals surface area contributed by atoms with Crippen molar-refractivity contribution in [2.24, 2.45) is 0 Å². The Morgan fingerprint density at radius 2 is 2.05 bits per heavy atom. The van der Waals surface area contributed by atoms with Gasteiger partial charge in [-0.15, -0.1) is 0 Å². The molecule has 0 radical (unpaired) electrons. The first kappa shape index (κ1) is 14.2. The Kier molecular flexibility index (Phi) is 4.14. The number of hydrogen-bond acceptors (Lipinski definition) is 5. The number of carboxylic acids is 1. The molecule has 0 atom stereocenters. The lowest BCUT2D eigenvalue weighted by molar-refractivity contribution is -0.142. The summed E-state index contributed by atoms with van der Waals surface area (Å²) in [6, 6.07) is 9.84. The fourth-order valence-corrected chi connectivity index (χ4v) is 1.78. The van der Waals surface area contributed by atoms with Crippen LogP contribution in [0.15, 0.2) is 34.9 Å². The van der Waals surface area contributed by atoms with E-state index >= 15 is 0 Å². The maximum Gasteiger partial charge on any atom is 0.329 e. The molecule has 1 heterocycles. The molecule has 0 fully saturated rings. The van der Waals surface area contributed by atoms with E-state index in [1.807, 2.05) is 44.2 Å². The highest BCUT2D eigenvalue weighted by Gasteiger charge is 2.28. The number of hydrogen-bond donors (Lipinski definition) is 1. The number of benzene rings is 1. The summed E-state index contributed by atoms with van der Waals surface area (Å²) in [7, 11) is 0. The predicted molar refractivity (Wildman–Crippen MR) is 70.2 cm³/mol. The van der Waals surface area contributed by atoms with Crippen molar-refractivity contribution in [1.82, 2.24) is 10.1 Å². The van der Waals surface area contributed by atoms with Crippen LogP contribution in [0.1, 0.15) is 31.1 Å². The van der Waals surface area contributed by atoms with Gasteiger partial charge in [0, 0.05) is 0 Å². The van der Waals surface area contributed by atoms with E-state index in [9.17, 15) is 4.79 Å². The molecule has 20 heavy (non-hydrogen) atoms. The molecule has 6 nitrogen and oxygen atoms in total. The molecule has 0 saturated heterocycles. The van der Waals surface area contributed by atoms with E-state index in [2.05, 4.69) is 10.1 Å². The average Bonchev–Trinajstić information content (AvgIpc) is 2.89. The first-order valence-corrected chi connectivity index (χ1v) is 6.18. The van der Waals surface area contributed by atoms with E-state index in [0.717, 1.165) is 5.56 Å². The van der Waals surface area contributed by atoms with Crippen molar-refractivity contribution in [2.45, 2.75) is 25.9 Å². The normalized spacial score (nSPS) is 11.5. The second-order valence-corrected chi connectivity index (χ2v) is 4.89. The highest BCUT2D eigenvalue weighted by Crippen LogP contribution is 2.28. The summed E-state index contributed by atoms with van der Waals surface area (Å²) >= 11 is 0. The lowest BCUT2D eigenvalue weighted by Gasteiger charge is -2.20. The molecule has 1 N–H and O–H groups in total. The smallest absolute Gasteiger partial charge is 0.329 e. The summed E-state index contributed by atoms with van der Waals surface area (Å²) in [6.45, 7) is 3.59. The van der Waals surface area contributed by atoms with Crippen molar-refractivity contribution in [3.8, 4) is 0 Å². The predicted octanol–water partition coefficient (Wildman–Crippen LogP) is 2.00. The maximum absolute atomic E-state index is 10.3. The minimum Gasteiger partial charge on any atom is -0.480 e. The molecule has 0 saturated carbocycles. The Morgan fingerprint density at radius 3 is 2.70 bits per heavy atom. The molecular formula is C14H16N2O4. The third-order valence-corrected chi connectivity index (χ3v) is 2.97. The van der Waals surface area contributed by atoms with Crippen molar-refractivity contribution in [2.75, 3.05) is 6.61 Å². The van der Waals surface area contributed by atoms with Crippen LogP contribution in [0.4, 0.5) is 0 Å². The second-order valence-electron chi connectivity index (χ2n) is 4.89. The number of aromatic nitrogens is 2. The minimum absolute atomic E-state index is 0.00975. The molecule has 0 amide bonds. The summed E-state index contributed by atoms with van der Waals surface area (Å²) in [5, 5.41) is 12.4. The zero-order chi connectivity index (χ0) is 14.6. The van der Waals surface area contributed by atoms with Crippen LogP contribution in [-0.2, 0) is 21.6 Å². The quantitative estimate of drug-likeness (QED) is 0.868. The largest absolute Gasteiger partial charge is 0.480 e. The van der Waals surface area contributed by atoms with Crippen molar-refractivity contribution in [1.29, 1.82) is 0 Å². The fraction of sp³-hybridized carbons (Fsp3) is 0.357. The first-order valence-electron chi connectivity index (χ1n) is 6.18. The molecule has 0 aliphatic carbocycles. The van der Waals surface area contributed by atoms with E-state index in [4.69, 9.17) is 14.4 Å². The van der Waals surface area contributed by atoms with Crippen molar-refractivity contribution in [3.05, 3.63) is 47.6 Å². The standard InChI is InChI=1S/C14H16N2O4/c1-14(2,10-6-4-3-5-7-10)13-15-11(20-16-13)8-19-9-12(17)18/h3-7H,8-9H2,1-2H3,(H,17,18).